The van der Waals surface area contributed by atoms with Crippen molar-refractivity contribution in [2.45, 2.75) is 19.3 Å². The molecule has 266 valence electrons. The summed E-state index contributed by atoms with van der Waals surface area (Å²) < 4.78 is 80.4. The van der Waals surface area contributed by atoms with Crippen LogP contribution in [-0.2, 0) is 17.1 Å². The zero-order chi connectivity index (χ0) is 38.1. The molecule has 5 aromatic carbocycles. The van der Waals surface area contributed by atoms with Crippen molar-refractivity contribution >= 4 is 56.4 Å². The van der Waals surface area contributed by atoms with Gasteiger partial charge in [0.1, 0.15) is 0 Å². The Morgan fingerprint density at radius 1 is 0.608 bits per heavy atom. The number of carboxylic acids is 1. The Balaban J connectivity index is 0.000000234. The molecule has 0 aromatic heterocycles. The number of hydrogen-bond acceptors (Lipinski definition) is 5. The SMILES string of the molecule is COC(=O)c1cc(Br)cc(Br)c1.Cc1ccc(-c2cc(C(=O)O)cc(-c3ccc(C(F)(F)F)cc3)c2)cc1.OB(O)c1ccc(C(F)(F)F)cc1. The zero-order valence-corrected chi connectivity index (χ0v) is 29.7. The van der Waals surface area contributed by atoms with E-state index in [1.165, 1.54) is 25.3 Å². The van der Waals surface area contributed by atoms with Gasteiger partial charge in [-0.15, -0.1) is 0 Å². The van der Waals surface area contributed by atoms with Crippen molar-refractivity contribution in [2.75, 3.05) is 7.11 Å². The van der Waals surface area contributed by atoms with E-state index < -0.39 is 36.6 Å². The third-order valence-electron chi connectivity index (χ3n) is 6.93. The van der Waals surface area contributed by atoms with Crippen molar-refractivity contribution in [1.29, 1.82) is 0 Å². The molecule has 0 amide bonds. The summed E-state index contributed by atoms with van der Waals surface area (Å²) in [6.45, 7) is 1.95. The van der Waals surface area contributed by atoms with E-state index in [0.29, 0.717) is 22.3 Å². The lowest BCUT2D eigenvalue weighted by Crippen LogP contribution is -2.29. The van der Waals surface area contributed by atoms with Gasteiger partial charge in [-0.1, -0.05) is 98.1 Å². The lowest BCUT2D eigenvalue weighted by atomic mass is 9.80. The second-order valence-electron chi connectivity index (χ2n) is 10.7. The molecule has 0 saturated carbocycles. The van der Waals surface area contributed by atoms with E-state index in [9.17, 15) is 41.0 Å². The van der Waals surface area contributed by atoms with Crippen LogP contribution in [0, 0.1) is 6.92 Å². The third kappa shape index (κ3) is 12.4. The molecule has 0 bridgehead atoms. The maximum Gasteiger partial charge on any atom is 0.488 e. The summed E-state index contributed by atoms with van der Waals surface area (Å²) in [6.07, 6.45) is -8.80. The van der Waals surface area contributed by atoms with Gasteiger partial charge in [-0.2, -0.15) is 26.3 Å². The number of carbonyl (C=O) groups is 2. The van der Waals surface area contributed by atoms with Gasteiger partial charge in [0.15, 0.2) is 0 Å². The van der Waals surface area contributed by atoms with Crippen molar-refractivity contribution in [3.63, 3.8) is 0 Å². The smallest absolute Gasteiger partial charge is 0.478 e. The number of aromatic carboxylic acids is 1. The molecule has 6 nitrogen and oxygen atoms in total. The van der Waals surface area contributed by atoms with E-state index in [1.54, 1.807) is 24.3 Å². The van der Waals surface area contributed by atoms with E-state index in [4.69, 9.17) is 10.0 Å². The average molecular weight is 840 g/mol. The highest BCUT2D eigenvalue weighted by atomic mass is 79.9. The van der Waals surface area contributed by atoms with E-state index in [0.717, 1.165) is 56.5 Å². The van der Waals surface area contributed by atoms with Crippen molar-refractivity contribution < 1.29 is 55.8 Å². The van der Waals surface area contributed by atoms with Gasteiger partial charge in [0.2, 0.25) is 0 Å². The van der Waals surface area contributed by atoms with Crippen LogP contribution in [0.3, 0.4) is 0 Å². The Morgan fingerprint density at radius 3 is 1.39 bits per heavy atom. The predicted octanol–water partition coefficient (Wildman–Crippen LogP) is 9.43. The van der Waals surface area contributed by atoms with Gasteiger partial charge in [0, 0.05) is 8.95 Å². The van der Waals surface area contributed by atoms with E-state index in [1.807, 2.05) is 37.3 Å². The molecule has 0 radical (unpaired) electrons. The lowest BCUT2D eigenvalue weighted by molar-refractivity contribution is -0.138. The Bertz CT molecular complexity index is 1930. The highest BCUT2D eigenvalue weighted by Gasteiger charge is 2.31. The topological polar surface area (TPSA) is 104 Å². The molecule has 0 fully saturated rings. The van der Waals surface area contributed by atoms with E-state index >= 15 is 0 Å². The summed E-state index contributed by atoms with van der Waals surface area (Å²) in [4.78, 5) is 22.5. The summed E-state index contributed by atoms with van der Waals surface area (Å²) in [5.74, 6) is -1.43. The standard InChI is InChI=1S/C21H15F3O2.C8H6Br2O2.C7H6BF3O2/c1-13-2-4-14(5-3-13)16-10-17(12-18(11-16)20(25)26)15-6-8-19(9-7-15)21(22,23)24;1-12-8(11)5-2-6(9)4-7(10)3-5;9-7(10,11)5-1-3-6(4-2-5)8(12)13/h2-12H,1H3,(H,25,26);2-4H,1H3;1-4,12-13H. The van der Waals surface area contributed by atoms with Crippen molar-refractivity contribution in [2.24, 2.45) is 0 Å². The van der Waals surface area contributed by atoms with Crippen molar-refractivity contribution in [1.82, 2.24) is 0 Å². The van der Waals surface area contributed by atoms with Gasteiger partial charge in [0.25, 0.3) is 0 Å². The fourth-order valence-corrected chi connectivity index (χ4v) is 5.61. The van der Waals surface area contributed by atoms with Crippen LogP contribution >= 0.6 is 31.9 Å². The molecular formula is C36H27BBr2F6O6. The maximum absolute atomic E-state index is 12.7. The van der Waals surface area contributed by atoms with Gasteiger partial charge >= 0.3 is 31.4 Å². The average Bonchev–Trinajstić information content (AvgIpc) is 3.07. The van der Waals surface area contributed by atoms with E-state index in [-0.39, 0.29) is 17.0 Å². The summed E-state index contributed by atoms with van der Waals surface area (Å²) in [5.41, 5.74) is 2.78. The van der Waals surface area contributed by atoms with Gasteiger partial charge in [-0.05, 0) is 83.2 Å². The van der Waals surface area contributed by atoms with Crippen LogP contribution in [-0.4, -0.2) is 41.3 Å². The lowest BCUT2D eigenvalue weighted by Gasteiger charge is -2.11. The monoisotopic (exact) mass is 838 g/mol. The molecule has 15 heteroatoms. The van der Waals surface area contributed by atoms with Crippen LogP contribution in [0.4, 0.5) is 26.3 Å². The van der Waals surface area contributed by atoms with Crippen LogP contribution in [0.5, 0.6) is 0 Å². The van der Waals surface area contributed by atoms with Gasteiger partial charge < -0.3 is 19.9 Å². The molecule has 0 saturated heterocycles. The van der Waals surface area contributed by atoms with Gasteiger partial charge in [-0.25, -0.2) is 9.59 Å². The Morgan fingerprint density at radius 2 is 1.02 bits per heavy atom. The number of ether oxygens (including phenoxy) is 1. The van der Waals surface area contributed by atoms with Crippen molar-refractivity contribution in [3.8, 4) is 22.3 Å². The van der Waals surface area contributed by atoms with Crippen molar-refractivity contribution in [3.05, 3.63) is 146 Å². The summed E-state index contributed by atoms with van der Waals surface area (Å²) in [7, 11) is -0.376. The van der Waals surface area contributed by atoms with E-state index in [2.05, 4.69) is 36.6 Å². The number of aryl methyl sites for hydroxylation is 1. The first-order valence-electron chi connectivity index (χ1n) is 14.5. The van der Waals surface area contributed by atoms with Crippen LogP contribution in [0.25, 0.3) is 22.3 Å². The Kier molecular flexibility index (Phi) is 14.2. The molecule has 5 rings (SSSR count). The van der Waals surface area contributed by atoms with Gasteiger partial charge in [-0.3, -0.25) is 0 Å². The fraction of sp³-hybridized carbons (Fsp3) is 0.111. The highest BCUT2D eigenvalue weighted by Crippen LogP contribution is 2.33. The molecule has 51 heavy (non-hydrogen) atoms. The summed E-state index contributed by atoms with van der Waals surface area (Å²) >= 11 is 6.55. The van der Waals surface area contributed by atoms with Crippen LogP contribution < -0.4 is 5.46 Å². The predicted molar refractivity (Wildman–Crippen MR) is 188 cm³/mol. The summed E-state index contributed by atoms with van der Waals surface area (Å²) in [6, 6.07) is 26.0. The molecule has 0 heterocycles. The fourth-order valence-electron chi connectivity index (χ4n) is 4.32. The number of alkyl halides is 6. The number of methoxy groups -OCH3 is 1. The minimum atomic E-state index is -4.41. The minimum Gasteiger partial charge on any atom is -0.478 e. The Labute approximate surface area is 305 Å². The second kappa shape index (κ2) is 17.7. The number of halogens is 8. The molecule has 3 N–H and O–H groups in total. The third-order valence-corrected chi connectivity index (χ3v) is 7.85. The number of rotatable bonds is 5. The largest absolute Gasteiger partial charge is 0.488 e. The normalized spacial score (nSPS) is 11.0. The molecule has 0 atom stereocenters. The molecule has 0 aliphatic heterocycles. The minimum absolute atomic E-state index is 0.0352. The second-order valence-corrected chi connectivity index (χ2v) is 12.5. The summed E-state index contributed by atoms with van der Waals surface area (Å²) in [5, 5.41) is 26.6. The molecule has 0 aliphatic rings. The first kappa shape index (κ1) is 41.0. The quantitative estimate of drug-likeness (QED) is 0.0927. The number of carboxylic acid groups (broad SMARTS) is 1. The van der Waals surface area contributed by atoms with Crippen LogP contribution in [0.2, 0.25) is 0 Å². The molecule has 0 spiro atoms. The first-order valence-corrected chi connectivity index (χ1v) is 16.1. The van der Waals surface area contributed by atoms with Crippen LogP contribution in [0.1, 0.15) is 37.4 Å². The number of benzene rings is 5. The molecule has 0 aliphatic carbocycles. The molecule has 0 unspecified atom stereocenters. The molecular weight excluding hydrogens is 813 g/mol. The highest BCUT2D eigenvalue weighted by molar-refractivity contribution is 9.11. The molecule has 5 aromatic rings. The number of hydrogen-bond donors (Lipinski definition) is 3. The number of esters is 1. The zero-order valence-electron chi connectivity index (χ0n) is 26.6. The number of carbonyl (C=O) groups excluding carboxylic acids is 1. The first-order chi connectivity index (χ1) is 23.8. The Hall–Kier alpha value is -4.44. The maximum atomic E-state index is 12.7. The van der Waals surface area contributed by atoms with Crippen LogP contribution in [0.15, 0.2) is 118 Å². The van der Waals surface area contributed by atoms with Gasteiger partial charge in [0.05, 0.1) is 29.4 Å².